The fraction of sp³-hybridized carbons (Fsp3) is 0.412. The first-order chi connectivity index (χ1) is 11.2. The van der Waals surface area contributed by atoms with Crippen LogP contribution in [0, 0.1) is 0 Å². The second-order valence-corrected chi connectivity index (χ2v) is 5.15. The van der Waals surface area contributed by atoms with Crippen LogP contribution in [0.5, 0.6) is 0 Å². The van der Waals surface area contributed by atoms with Crippen LogP contribution in [0.3, 0.4) is 0 Å². The van der Waals surface area contributed by atoms with Crippen LogP contribution < -0.4 is 0 Å². The van der Waals surface area contributed by atoms with E-state index in [1.807, 2.05) is 0 Å². The maximum atomic E-state index is 11.8. The van der Waals surface area contributed by atoms with Crippen LogP contribution >= 0.6 is 0 Å². The molecule has 1 aromatic carbocycles. The Morgan fingerprint density at radius 2 is 1.78 bits per heavy atom. The summed E-state index contributed by atoms with van der Waals surface area (Å²) < 4.78 is 16.8. The number of rotatable bonds is 8. The van der Waals surface area contributed by atoms with Gasteiger partial charge in [0.1, 0.15) is 5.56 Å². The van der Waals surface area contributed by atoms with Crippen LogP contribution in [0.2, 0.25) is 0 Å². The molecule has 0 aliphatic heterocycles. The maximum Gasteiger partial charge on any atom is 0.341 e. The second-order valence-electron chi connectivity index (χ2n) is 5.15. The van der Waals surface area contributed by atoms with E-state index in [0.29, 0.717) is 31.0 Å². The largest absolute Gasteiger partial charge is 0.465 e. The van der Waals surface area contributed by atoms with Crippen molar-refractivity contribution in [3.05, 3.63) is 52.8 Å². The van der Waals surface area contributed by atoms with Crippen molar-refractivity contribution in [2.75, 3.05) is 27.9 Å². The van der Waals surface area contributed by atoms with Gasteiger partial charge in [0, 0.05) is 14.2 Å². The highest BCUT2D eigenvalue weighted by atomic mass is 16.5. The summed E-state index contributed by atoms with van der Waals surface area (Å²) in [5.41, 5.74) is 3.47. The third-order valence-electron chi connectivity index (χ3n) is 3.59. The molecule has 2 aromatic rings. The topological polar surface area (TPSA) is 62.6 Å². The van der Waals surface area contributed by atoms with E-state index in [1.54, 1.807) is 18.9 Å². The van der Waals surface area contributed by atoms with Crippen molar-refractivity contribution < 1.29 is 19.0 Å². The smallest absolute Gasteiger partial charge is 0.341 e. The van der Waals surface area contributed by atoms with Crippen molar-refractivity contribution >= 4 is 5.97 Å². The molecule has 0 N–H and O–H groups in total. The van der Waals surface area contributed by atoms with Gasteiger partial charge in [0.25, 0.3) is 0 Å². The molecule has 2 rings (SSSR count). The van der Waals surface area contributed by atoms with E-state index in [0.717, 1.165) is 12.0 Å². The van der Waals surface area contributed by atoms with Crippen LogP contribution in [-0.4, -0.2) is 43.7 Å². The van der Waals surface area contributed by atoms with E-state index in [2.05, 4.69) is 29.4 Å². The van der Waals surface area contributed by atoms with Gasteiger partial charge >= 0.3 is 5.97 Å². The summed E-state index contributed by atoms with van der Waals surface area (Å²) in [6.07, 6.45) is 2.41. The first kappa shape index (κ1) is 17.2. The van der Waals surface area contributed by atoms with Gasteiger partial charge in [-0.2, -0.15) is 5.10 Å². The molecular weight excluding hydrogens is 296 g/mol. The molecule has 23 heavy (non-hydrogen) atoms. The van der Waals surface area contributed by atoms with E-state index >= 15 is 0 Å². The Morgan fingerprint density at radius 1 is 1.09 bits per heavy atom. The van der Waals surface area contributed by atoms with Crippen LogP contribution in [0.4, 0.5) is 0 Å². The minimum Gasteiger partial charge on any atom is -0.465 e. The molecule has 0 saturated heterocycles. The lowest BCUT2D eigenvalue weighted by molar-refractivity contribution is 0.0595. The number of hydrogen-bond acceptors (Lipinski definition) is 5. The molecule has 124 valence electrons. The van der Waals surface area contributed by atoms with E-state index < -0.39 is 5.97 Å². The molecule has 0 radical (unpaired) electrons. The monoisotopic (exact) mass is 318 g/mol. The lowest BCUT2D eigenvalue weighted by Gasteiger charge is -2.09. The van der Waals surface area contributed by atoms with Gasteiger partial charge in [0.15, 0.2) is 0 Å². The summed E-state index contributed by atoms with van der Waals surface area (Å²) in [4.78, 5) is 11.8. The zero-order valence-corrected chi connectivity index (χ0v) is 13.7. The summed E-state index contributed by atoms with van der Waals surface area (Å²) in [5.74, 6) is -0.404. The van der Waals surface area contributed by atoms with E-state index in [1.165, 1.54) is 18.9 Å². The number of nitrogens with zero attached hydrogens (tertiary/aromatic N) is 2. The number of hydrogen-bond donors (Lipinski definition) is 0. The van der Waals surface area contributed by atoms with Crippen LogP contribution in [0.1, 0.15) is 27.2 Å². The molecule has 1 aromatic heterocycles. The second kappa shape index (κ2) is 8.45. The molecule has 6 heteroatoms. The number of ether oxygens (including phenoxy) is 3. The fourth-order valence-corrected chi connectivity index (χ4v) is 2.32. The highest BCUT2D eigenvalue weighted by Crippen LogP contribution is 2.14. The molecule has 0 saturated carbocycles. The highest BCUT2D eigenvalue weighted by molar-refractivity contribution is 5.90. The average molecular weight is 318 g/mol. The number of carbonyl (C=O) groups is 1. The molecule has 1 heterocycles. The minimum atomic E-state index is -0.404. The third-order valence-corrected chi connectivity index (χ3v) is 3.59. The number of methoxy groups -OCH3 is 3. The van der Waals surface area contributed by atoms with Crippen LogP contribution in [0.25, 0.3) is 0 Å². The Hall–Kier alpha value is -2.18. The lowest BCUT2D eigenvalue weighted by Crippen LogP contribution is -2.11. The molecular formula is C17H22N2O4. The maximum absolute atomic E-state index is 11.8. The molecule has 6 nitrogen and oxygen atoms in total. The van der Waals surface area contributed by atoms with Gasteiger partial charge in [-0.25, -0.2) is 4.79 Å². The molecule has 0 amide bonds. The van der Waals surface area contributed by atoms with Crippen molar-refractivity contribution in [3.8, 4) is 0 Å². The molecule has 0 bridgehead atoms. The Balaban J connectivity index is 2.15. The predicted molar refractivity (Wildman–Crippen MR) is 85.4 cm³/mol. The summed E-state index contributed by atoms with van der Waals surface area (Å²) in [5, 5.41) is 4.29. The lowest BCUT2D eigenvalue weighted by atomic mass is 10.1. The molecule has 0 spiro atoms. The van der Waals surface area contributed by atoms with Crippen molar-refractivity contribution in [1.82, 2.24) is 9.78 Å². The Kier molecular flexibility index (Phi) is 6.31. The highest BCUT2D eigenvalue weighted by Gasteiger charge is 2.18. The van der Waals surface area contributed by atoms with Gasteiger partial charge in [0.05, 0.1) is 38.8 Å². The Labute approximate surface area is 136 Å². The van der Waals surface area contributed by atoms with Crippen molar-refractivity contribution in [2.45, 2.75) is 19.6 Å². The van der Waals surface area contributed by atoms with E-state index in [4.69, 9.17) is 14.2 Å². The van der Waals surface area contributed by atoms with Crippen LogP contribution in [-0.2, 0) is 33.8 Å². The van der Waals surface area contributed by atoms with E-state index in [-0.39, 0.29) is 0 Å². The summed E-state index contributed by atoms with van der Waals surface area (Å²) in [7, 11) is 4.64. The summed E-state index contributed by atoms with van der Waals surface area (Å²) in [6, 6.07) is 8.27. The molecule has 0 atom stereocenters. The van der Waals surface area contributed by atoms with Gasteiger partial charge in [0.2, 0.25) is 0 Å². The van der Waals surface area contributed by atoms with Crippen LogP contribution in [0.15, 0.2) is 30.5 Å². The SMILES string of the molecule is COCCc1ccc(Cn2ncc(C(=O)OC)c2COC)cc1. The number of esters is 1. The van der Waals surface area contributed by atoms with Gasteiger partial charge in [-0.3, -0.25) is 4.68 Å². The van der Waals surface area contributed by atoms with Crippen molar-refractivity contribution in [3.63, 3.8) is 0 Å². The number of carbonyl (C=O) groups excluding carboxylic acids is 1. The Bertz CT molecular complexity index is 635. The normalized spacial score (nSPS) is 10.7. The predicted octanol–water partition coefficient (Wildman–Crippen LogP) is 2.05. The first-order valence-electron chi connectivity index (χ1n) is 7.38. The number of benzene rings is 1. The standard InChI is InChI=1S/C17H22N2O4/c1-21-9-8-13-4-6-14(7-5-13)11-19-16(12-22-2)15(10-18-19)17(20)23-3/h4-7,10H,8-9,11-12H2,1-3H3. The van der Waals surface area contributed by atoms with Crippen molar-refractivity contribution in [2.24, 2.45) is 0 Å². The van der Waals surface area contributed by atoms with Gasteiger partial charge < -0.3 is 14.2 Å². The zero-order chi connectivity index (χ0) is 16.7. The fourth-order valence-electron chi connectivity index (χ4n) is 2.32. The summed E-state index contributed by atoms with van der Waals surface area (Å²) >= 11 is 0. The molecule has 0 aliphatic carbocycles. The molecule has 0 fully saturated rings. The molecule has 0 aliphatic rings. The first-order valence-corrected chi connectivity index (χ1v) is 7.38. The number of aromatic nitrogens is 2. The zero-order valence-electron chi connectivity index (χ0n) is 13.7. The average Bonchev–Trinajstić information content (AvgIpc) is 2.96. The van der Waals surface area contributed by atoms with Crippen molar-refractivity contribution in [1.29, 1.82) is 0 Å². The summed E-state index contributed by atoms with van der Waals surface area (Å²) in [6.45, 7) is 1.58. The van der Waals surface area contributed by atoms with E-state index in [9.17, 15) is 4.79 Å². The minimum absolute atomic E-state index is 0.302. The van der Waals surface area contributed by atoms with Gasteiger partial charge in [-0.05, 0) is 17.5 Å². The molecule has 0 unspecified atom stereocenters. The third kappa shape index (κ3) is 4.40. The Morgan fingerprint density at radius 3 is 2.39 bits per heavy atom. The quantitative estimate of drug-likeness (QED) is 0.697. The van der Waals surface area contributed by atoms with Gasteiger partial charge in [-0.15, -0.1) is 0 Å². The van der Waals surface area contributed by atoms with Gasteiger partial charge in [-0.1, -0.05) is 24.3 Å².